The van der Waals surface area contributed by atoms with Crippen LogP contribution in [0.15, 0.2) is 6.33 Å². The molecule has 1 aliphatic heterocycles. The van der Waals surface area contributed by atoms with Crippen molar-refractivity contribution in [2.45, 2.75) is 51.6 Å². The van der Waals surface area contributed by atoms with Gasteiger partial charge in [0.15, 0.2) is 0 Å². The van der Waals surface area contributed by atoms with Crippen molar-refractivity contribution < 1.29 is 4.79 Å². The lowest BCUT2D eigenvalue weighted by Gasteiger charge is -2.26. The number of aromatic nitrogens is 3. The molecule has 2 atom stereocenters. The zero-order valence-corrected chi connectivity index (χ0v) is 12.7. The van der Waals surface area contributed by atoms with Crippen LogP contribution in [0.4, 0.5) is 0 Å². The Labute approximate surface area is 120 Å². The molecule has 1 aromatic heterocycles. The van der Waals surface area contributed by atoms with Gasteiger partial charge in [-0.05, 0) is 26.7 Å². The predicted molar refractivity (Wildman–Crippen MR) is 77.1 cm³/mol. The number of carbonyl (C=O) groups excluding carboxylic acids is 1. The van der Waals surface area contributed by atoms with Crippen LogP contribution in [0.2, 0.25) is 0 Å². The van der Waals surface area contributed by atoms with Gasteiger partial charge in [-0.3, -0.25) is 10.1 Å². The fraction of sp³-hybridized carbons (Fsp3) is 0.786. The van der Waals surface area contributed by atoms with E-state index in [0.717, 1.165) is 31.8 Å². The maximum absolute atomic E-state index is 12.5. The van der Waals surface area contributed by atoms with Crippen molar-refractivity contribution in [1.29, 1.82) is 0 Å². The first kappa shape index (κ1) is 15.0. The summed E-state index contributed by atoms with van der Waals surface area (Å²) in [6.45, 7) is 5.72. The van der Waals surface area contributed by atoms with Crippen LogP contribution in [-0.4, -0.2) is 44.7 Å². The second-order valence-electron chi connectivity index (χ2n) is 5.65. The standard InChI is InChI=1S/C14H25N5O/c1-11(13-17-15-10-18(13)3)16-12(2)14(20)19-8-6-4-5-7-9-19/h10-12,16H,4-9H2,1-3H3. The summed E-state index contributed by atoms with van der Waals surface area (Å²) in [6, 6.07) is -0.187. The molecule has 0 radical (unpaired) electrons. The Balaban J connectivity index is 1.91. The number of likely N-dealkylation sites (tertiary alicyclic amines) is 1. The highest BCUT2D eigenvalue weighted by Gasteiger charge is 2.23. The van der Waals surface area contributed by atoms with Crippen molar-refractivity contribution in [1.82, 2.24) is 25.0 Å². The minimum Gasteiger partial charge on any atom is -0.341 e. The number of carbonyl (C=O) groups is 1. The summed E-state index contributed by atoms with van der Waals surface area (Å²) in [7, 11) is 1.91. The van der Waals surface area contributed by atoms with Crippen LogP contribution in [0.3, 0.4) is 0 Å². The Morgan fingerprint density at radius 1 is 1.25 bits per heavy atom. The largest absolute Gasteiger partial charge is 0.341 e. The molecule has 0 aliphatic carbocycles. The summed E-state index contributed by atoms with van der Waals surface area (Å²) in [5, 5.41) is 11.3. The number of rotatable bonds is 4. The molecule has 1 N–H and O–H groups in total. The van der Waals surface area contributed by atoms with Gasteiger partial charge in [-0.1, -0.05) is 12.8 Å². The van der Waals surface area contributed by atoms with Gasteiger partial charge in [0.2, 0.25) is 5.91 Å². The molecule has 112 valence electrons. The van der Waals surface area contributed by atoms with Crippen LogP contribution >= 0.6 is 0 Å². The molecule has 2 heterocycles. The van der Waals surface area contributed by atoms with E-state index < -0.39 is 0 Å². The van der Waals surface area contributed by atoms with E-state index in [4.69, 9.17) is 0 Å². The van der Waals surface area contributed by atoms with E-state index in [1.54, 1.807) is 6.33 Å². The second-order valence-corrected chi connectivity index (χ2v) is 5.65. The number of aryl methyl sites for hydroxylation is 1. The molecule has 0 aromatic carbocycles. The molecule has 0 spiro atoms. The normalized spacial score (nSPS) is 19.4. The first-order valence-corrected chi connectivity index (χ1v) is 7.48. The van der Waals surface area contributed by atoms with Crippen molar-refractivity contribution in [3.63, 3.8) is 0 Å². The van der Waals surface area contributed by atoms with E-state index in [2.05, 4.69) is 15.5 Å². The molecule has 2 rings (SSSR count). The molecule has 1 aliphatic rings. The van der Waals surface area contributed by atoms with Crippen molar-refractivity contribution in [3.8, 4) is 0 Å². The minimum atomic E-state index is -0.195. The van der Waals surface area contributed by atoms with Gasteiger partial charge >= 0.3 is 0 Å². The van der Waals surface area contributed by atoms with Gasteiger partial charge in [0.25, 0.3) is 0 Å². The zero-order valence-electron chi connectivity index (χ0n) is 12.7. The van der Waals surface area contributed by atoms with Gasteiger partial charge in [-0.2, -0.15) is 0 Å². The number of hydrogen-bond acceptors (Lipinski definition) is 4. The van der Waals surface area contributed by atoms with Gasteiger partial charge in [0.1, 0.15) is 12.2 Å². The third-order valence-electron chi connectivity index (χ3n) is 3.92. The monoisotopic (exact) mass is 279 g/mol. The van der Waals surface area contributed by atoms with Gasteiger partial charge in [-0.15, -0.1) is 10.2 Å². The maximum Gasteiger partial charge on any atom is 0.239 e. The fourth-order valence-electron chi connectivity index (χ4n) is 2.77. The SMILES string of the molecule is CC(NC(C)c1nncn1C)C(=O)N1CCCCCC1. The third kappa shape index (κ3) is 3.56. The Morgan fingerprint density at radius 2 is 1.90 bits per heavy atom. The highest BCUT2D eigenvalue weighted by atomic mass is 16.2. The summed E-state index contributed by atoms with van der Waals surface area (Å²) < 4.78 is 1.88. The summed E-state index contributed by atoms with van der Waals surface area (Å²) >= 11 is 0. The first-order valence-electron chi connectivity index (χ1n) is 7.48. The Bertz CT molecular complexity index is 437. The molecular weight excluding hydrogens is 254 g/mol. The molecule has 1 saturated heterocycles. The van der Waals surface area contributed by atoms with Crippen molar-refractivity contribution in [2.24, 2.45) is 7.05 Å². The molecular formula is C14H25N5O. The smallest absolute Gasteiger partial charge is 0.239 e. The van der Waals surface area contributed by atoms with Crippen molar-refractivity contribution in [3.05, 3.63) is 12.2 Å². The lowest BCUT2D eigenvalue weighted by atomic mass is 10.2. The zero-order chi connectivity index (χ0) is 14.5. The average molecular weight is 279 g/mol. The molecule has 20 heavy (non-hydrogen) atoms. The lowest BCUT2D eigenvalue weighted by Crippen LogP contribution is -2.46. The fourth-order valence-corrected chi connectivity index (χ4v) is 2.77. The van der Waals surface area contributed by atoms with Gasteiger partial charge in [-0.25, -0.2) is 0 Å². The molecule has 6 heteroatoms. The quantitative estimate of drug-likeness (QED) is 0.901. The number of amides is 1. The highest BCUT2D eigenvalue weighted by molar-refractivity contribution is 5.81. The van der Waals surface area contributed by atoms with E-state index in [9.17, 15) is 4.79 Å². The predicted octanol–water partition coefficient (Wildman–Crippen LogP) is 1.26. The topological polar surface area (TPSA) is 63.1 Å². The van der Waals surface area contributed by atoms with Crippen LogP contribution in [0.5, 0.6) is 0 Å². The Kier molecular flexibility index (Phi) is 5.11. The average Bonchev–Trinajstić information content (AvgIpc) is 2.69. The number of nitrogens with zero attached hydrogens (tertiary/aromatic N) is 4. The summed E-state index contributed by atoms with van der Waals surface area (Å²) in [5.74, 6) is 1.04. The Hall–Kier alpha value is -1.43. The number of nitrogens with one attached hydrogen (secondary N) is 1. The summed E-state index contributed by atoms with van der Waals surface area (Å²) in [6.07, 6.45) is 6.39. The van der Waals surface area contributed by atoms with E-state index >= 15 is 0 Å². The molecule has 2 unspecified atom stereocenters. The van der Waals surface area contributed by atoms with E-state index in [0.29, 0.717) is 0 Å². The van der Waals surface area contributed by atoms with E-state index in [1.165, 1.54) is 12.8 Å². The Morgan fingerprint density at radius 3 is 2.45 bits per heavy atom. The van der Waals surface area contributed by atoms with Gasteiger partial charge in [0.05, 0.1) is 12.1 Å². The maximum atomic E-state index is 12.5. The molecule has 0 bridgehead atoms. The van der Waals surface area contributed by atoms with E-state index in [-0.39, 0.29) is 18.0 Å². The van der Waals surface area contributed by atoms with Crippen molar-refractivity contribution in [2.75, 3.05) is 13.1 Å². The molecule has 1 fully saturated rings. The lowest BCUT2D eigenvalue weighted by molar-refractivity contribution is -0.133. The van der Waals surface area contributed by atoms with Gasteiger partial charge < -0.3 is 9.47 Å². The summed E-state index contributed by atoms with van der Waals surface area (Å²) in [4.78, 5) is 14.5. The van der Waals surface area contributed by atoms with E-state index in [1.807, 2.05) is 30.4 Å². The van der Waals surface area contributed by atoms with Crippen LogP contribution in [0.25, 0.3) is 0 Å². The molecule has 0 saturated carbocycles. The summed E-state index contributed by atoms with van der Waals surface area (Å²) in [5.41, 5.74) is 0. The van der Waals surface area contributed by atoms with Crippen LogP contribution in [-0.2, 0) is 11.8 Å². The van der Waals surface area contributed by atoms with Crippen LogP contribution < -0.4 is 5.32 Å². The highest BCUT2D eigenvalue weighted by Crippen LogP contribution is 2.13. The first-order chi connectivity index (χ1) is 9.59. The van der Waals surface area contributed by atoms with Gasteiger partial charge in [0, 0.05) is 20.1 Å². The van der Waals surface area contributed by atoms with Crippen LogP contribution in [0, 0.1) is 0 Å². The van der Waals surface area contributed by atoms with Crippen LogP contribution in [0.1, 0.15) is 51.4 Å². The third-order valence-corrected chi connectivity index (χ3v) is 3.92. The minimum absolute atomic E-state index is 0.00780. The number of hydrogen-bond donors (Lipinski definition) is 1. The molecule has 6 nitrogen and oxygen atoms in total. The second kappa shape index (κ2) is 6.83. The van der Waals surface area contributed by atoms with Crippen molar-refractivity contribution >= 4 is 5.91 Å². The molecule has 1 aromatic rings. The molecule has 1 amide bonds.